The Labute approximate surface area is 129 Å². The van der Waals surface area contributed by atoms with Crippen LogP contribution in [0.25, 0.3) is 0 Å². The van der Waals surface area contributed by atoms with Gasteiger partial charge in [0.25, 0.3) is 10.1 Å². The summed E-state index contributed by atoms with van der Waals surface area (Å²) in [7, 11) is -4.95. The molecular formula is C14H8O8S. The molecule has 0 aliphatic heterocycles. The summed E-state index contributed by atoms with van der Waals surface area (Å²) in [4.78, 5) is 23.7. The van der Waals surface area contributed by atoms with E-state index in [0.717, 1.165) is 6.07 Å². The molecule has 4 N–H and O–H groups in total. The molecule has 0 radical (unpaired) electrons. The fraction of sp³-hybridized carbons (Fsp3) is 0. The van der Waals surface area contributed by atoms with E-state index in [4.69, 9.17) is 4.55 Å². The van der Waals surface area contributed by atoms with Gasteiger partial charge in [-0.15, -0.1) is 0 Å². The van der Waals surface area contributed by atoms with Crippen LogP contribution in [0.15, 0.2) is 29.2 Å². The van der Waals surface area contributed by atoms with Crippen LogP contribution < -0.4 is 0 Å². The lowest BCUT2D eigenvalue weighted by Gasteiger charge is -2.20. The van der Waals surface area contributed by atoms with Gasteiger partial charge in [0.2, 0.25) is 5.78 Å². The second-order valence-electron chi connectivity index (χ2n) is 4.83. The number of rotatable bonds is 1. The van der Waals surface area contributed by atoms with Gasteiger partial charge in [-0.05, 0) is 6.07 Å². The normalized spacial score (nSPS) is 13.6. The van der Waals surface area contributed by atoms with Crippen LogP contribution in [-0.2, 0) is 10.1 Å². The van der Waals surface area contributed by atoms with Gasteiger partial charge < -0.3 is 15.3 Å². The first-order valence-electron chi connectivity index (χ1n) is 6.12. The summed E-state index contributed by atoms with van der Waals surface area (Å²) in [6.07, 6.45) is 0. The number of hydrogen-bond acceptors (Lipinski definition) is 7. The molecule has 0 atom stereocenters. The highest BCUT2D eigenvalue weighted by Crippen LogP contribution is 2.43. The number of fused-ring (bicyclic) bond motifs is 2. The molecule has 0 aromatic heterocycles. The van der Waals surface area contributed by atoms with E-state index in [0.29, 0.717) is 6.07 Å². The highest BCUT2D eigenvalue weighted by molar-refractivity contribution is 7.86. The molecule has 2 aromatic carbocycles. The molecule has 23 heavy (non-hydrogen) atoms. The zero-order valence-corrected chi connectivity index (χ0v) is 12.0. The maximum atomic E-state index is 12.5. The van der Waals surface area contributed by atoms with Crippen molar-refractivity contribution in [2.75, 3.05) is 0 Å². The molecule has 1 aliphatic carbocycles. The van der Waals surface area contributed by atoms with Crippen LogP contribution in [0.1, 0.15) is 31.8 Å². The molecule has 3 rings (SSSR count). The molecule has 118 valence electrons. The van der Waals surface area contributed by atoms with E-state index in [-0.39, 0.29) is 5.56 Å². The standard InChI is InChI=1S/C14H8O8S/c15-6-3-1-2-5-9(6)14(19)11-10(12(5)17)7(16)4-8(13(11)18)23(20,21)22/h1-4,15-16,18H,(H,20,21,22). The third-order valence-electron chi connectivity index (χ3n) is 3.49. The highest BCUT2D eigenvalue weighted by atomic mass is 32.2. The average Bonchev–Trinajstić information content (AvgIpc) is 2.45. The number of phenols is 3. The molecule has 0 amide bonds. The summed E-state index contributed by atoms with van der Waals surface area (Å²) < 4.78 is 31.5. The van der Waals surface area contributed by atoms with Gasteiger partial charge in [0.05, 0.1) is 16.7 Å². The Kier molecular flexibility index (Phi) is 2.96. The fourth-order valence-corrected chi connectivity index (χ4v) is 3.12. The van der Waals surface area contributed by atoms with Gasteiger partial charge in [-0.2, -0.15) is 8.42 Å². The van der Waals surface area contributed by atoms with Gasteiger partial charge in [0.1, 0.15) is 22.1 Å². The lowest BCUT2D eigenvalue weighted by Crippen LogP contribution is -2.22. The zero-order chi connectivity index (χ0) is 17.1. The Bertz CT molecular complexity index is 1000. The molecule has 0 unspecified atom stereocenters. The fourth-order valence-electron chi connectivity index (χ4n) is 2.51. The molecule has 0 fully saturated rings. The van der Waals surface area contributed by atoms with Crippen LogP contribution in [0.5, 0.6) is 17.2 Å². The number of hydrogen-bond donors (Lipinski definition) is 4. The maximum Gasteiger partial charge on any atom is 0.298 e. The van der Waals surface area contributed by atoms with Gasteiger partial charge in [-0.25, -0.2) is 0 Å². The minimum Gasteiger partial charge on any atom is -0.507 e. The summed E-state index contributed by atoms with van der Waals surface area (Å²) >= 11 is 0. The summed E-state index contributed by atoms with van der Waals surface area (Å²) in [5, 5.41) is 29.7. The van der Waals surface area contributed by atoms with Crippen LogP contribution in [0, 0.1) is 0 Å². The van der Waals surface area contributed by atoms with Crippen molar-refractivity contribution in [3.8, 4) is 17.2 Å². The van der Waals surface area contributed by atoms with Crippen molar-refractivity contribution in [1.29, 1.82) is 0 Å². The van der Waals surface area contributed by atoms with Crippen LogP contribution in [-0.4, -0.2) is 39.9 Å². The molecule has 0 saturated heterocycles. The SMILES string of the molecule is O=C1c2cccc(O)c2C(=O)c2c(O)c(S(=O)(=O)O)cc(O)c21. The molecule has 0 heterocycles. The van der Waals surface area contributed by atoms with Crippen LogP contribution in [0.2, 0.25) is 0 Å². The molecule has 0 saturated carbocycles. The number of carbonyl (C=O) groups is 2. The number of carbonyl (C=O) groups excluding carboxylic acids is 2. The van der Waals surface area contributed by atoms with Crippen molar-refractivity contribution in [3.05, 3.63) is 46.5 Å². The second kappa shape index (κ2) is 4.54. The molecule has 8 nitrogen and oxygen atoms in total. The number of phenolic OH excluding ortho intramolecular Hbond substituents is 3. The Morgan fingerprint density at radius 3 is 2.09 bits per heavy atom. The number of ketones is 2. The van der Waals surface area contributed by atoms with Crippen molar-refractivity contribution in [2.24, 2.45) is 0 Å². The predicted molar refractivity (Wildman–Crippen MR) is 74.6 cm³/mol. The van der Waals surface area contributed by atoms with Gasteiger partial charge >= 0.3 is 0 Å². The quantitative estimate of drug-likeness (QED) is 0.377. The molecule has 1 aliphatic rings. The second-order valence-corrected chi connectivity index (χ2v) is 6.22. The number of aromatic hydroxyl groups is 3. The van der Waals surface area contributed by atoms with E-state index in [1.807, 2.05) is 0 Å². The molecule has 2 aromatic rings. The largest absolute Gasteiger partial charge is 0.507 e. The van der Waals surface area contributed by atoms with E-state index in [9.17, 15) is 33.3 Å². The lowest BCUT2D eigenvalue weighted by molar-refractivity contribution is 0.0971. The first kappa shape index (κ1) is 15.0. The Balaban J connectivity index is 2.46. The summed E-state index contributed by atoms with van der Waals surface area (Å²) in [5.74, 6) is -4.53. The summed E-state index contributed by atoms with van der Waals surface area (Å²) in [6, 6.07) is 4.17. The molecule has 0 spiro atoms. The zero-order valence-electron chi connectivity index (χ0n) is 11.1. The predicted octanol–water partition coefficient (Wildman–Crippen LogP) is 0.825. The van der Waals surface area contributed by atoms with Crippen molar-refractivity contribution < 1.29 is 37.9 Å². The first-order valence-corrected chi connectivity index (χ1v) is 7.56. The third kappa shape index (κ3) is 1.98. The van der Waals surface area contributed by atoms with Gasteiger partial charge in [-0.3, -0.25) is 14.1 Å². The van der Waals surface area contributed by atoms with Gasteiger partial charge in [0, 0.05) is 11.6 Å². The minimum absolute atomic E-state index is 0.197. The van der Waals surface area contributed by atoms with Gasteiger partial charge in [-0.1, -0.05) is 12.1 Å². The van der Waals surface area contributed by atoms with Crippen molar-refractivity contribution >= 4 is 21.7 Å². The van der Waals surface area contributed by atoms with Crippen LogP contribution in [0.4, 0.5) is 0 Å². The lowest BCUT2D eigenvalue weighted by atomic mass is 9.82. The summed E-state index contributed by atoms with van der Waals surface area (Å²) in [5.41, 5.74) is -2.02. The van der Waals surface area contributed by atoms with E-state index in [2.05, 4.69) is 0 Å². The molecule has 9 heteroatoms. The van der Waals surface area contributed by atoms with E-state index < -0.39 is 60.5 Å². The van der Waals surface area contributed by atoms with Crippen LogP contribution in [0.3, 0.4) is 0 Å². The summed E-state index contributed by atoms with van der Waals surface area (Å²) in [6.45, 7) is 0. The Morgan fingerprint density at radius 1 is 0.826 bits per heavy atom. The number of benzene rings is 2. The topological polar surface area (TPSA) is 149 Å². The van der Waals surface area contributed by atoms with E-state index in [1.54, 1.807) is 0 Å². The van der Waals surface area contributed by atoms with Crippen molar-refractivity contribution in [1.82, 2.24) is 0 Å². The third-order valence-corrected chi connectivity index (χ3v) is 4.36. The molecule has 0 bridgehead atoms. The monoisotopic (exact) mass is 336 g/mol. The smallest absolute Gasteiger partial charge is 0.298 e. The van der Waals surface area contributed by atoms with Crippen molar-refractivity contribution in [2.45, 2.75) is 4.90 Å². The van der Waals surface area contributed by atoms with Crippen LogP contribution >= 0.6 is 0 Å². The van der Waals surface area contributed by atoms with Gasteiger partial charge in [0.15, 0.2) is 5.78 Å². The minimum atomic E-state index is -4.95. The Hall–Kier alpha value is -2.91. The first-order chi connectivity index (χ1) is 10.6. The van der Waals surface area contributed by atoms with Crippen molar-refractivity contribution in [3.63, 3.8) is 0 Å². The maximum absolute atomic E-state index is 12.5. The van der Waals surface area contributed by atoms with E-state index >= 15 is 0 Å². The highest BCUT2D eigenvalue weighted by Gasteiger charge is 2.38. The Morgan fingerprint density at radius 2 is 1.48 bits per heavy atom. The average molecular weight is 336 g/mol. The van der Waals surface area contributed by atoms with E-state index in [1.165, 1.54) is 12.1 Å². The molecular weight excluding hydrogens is 328 g/mol.